The summed E-state index contributed by atoms with van der Waals surface area (Å²) in [5, 5.41) is 22.8. The van der Waals surface area contributed by atoms with Gasteiger partial charge in [-0.15, -0.1) is 6.58 Å². The number of aliphatic hydroxyl groups excluding tert-OH is 2. The van der Waals surface area contributed by atoms with Gasteiger partial charge in [0, 0.05) is 12.3 Å². The largest absolute Gasteiger partial charge is 0.394 e. The number of ether oxygens (including phenoxy) is 3. The number of hydrogen-bond acceptors (Lipinski definition) is 6. The molecule has 0 spiro atoms. The molecule has 1 rings (SSSR count). The Bertz CT molecular complexity index is 343. The van der Waals surface area contributed by atoms with Gasteiger partial charge in [0.25, 0.3) is 0 Å². The first-order valence-corrected chi connectivity index (χ1v) is 7.78. The van der Waals surface area contributed by atoms with Gasteiger partial charge in [0.1, 0.15) is 24.4 Å². The summed E-state index contributed by atoms with van der Waals surface area (Å²) < 4.78 is 16.6. The predicted octanol–water partition coefficient (Wildman–Crippen LogP) is -0.448. The summed E-state index contributed by atoms with van der Waals surface area (Å²) in [6.45, 7) is 5.08. The summed E-state index contributed by atoms with van der Waals surface area (Å²) in [6, 6.07) is -0.681. The van der Waals surface area contributed by atoms with Crippen LogP contribution < -0.4 is 5.32 Å². The van der Waals surface area contributed by atoms with Crippen molar-refractivity contribution in [1.82, 2.24) is 5.32 Å². The van der Waals surface area contributed by atoms with Gasteiger partial charge in [0.05, 0.1) is 19.8 Å². The molecular formula is C13H22BrNO6. The molecule has 122 valence electrons. The third kappa shape index (κ3) is 5.32. The minimum absolute atomic E-state index is 0.196. The topological polar surface area (TPSA) is 97.2 Å². The van der Waals surface area contributed by atoms with Crippen molar-refractivity contribution in [3.8, 4) is 0 Å². The molecule has 0 aromatic rings. The summed E-state index contributed by atoms with van der Waals surface area (Å²) >= 11 is 3.24. The minimum atomic E-state index is -1.09. The van der Waals surface area contributed by atoms with E-state index in [4.69, 9.17) is 14.2 Å². The minimum Gasteiger partial charge on any atom is -0.394 e. The number of aliphatic hydroxyl groups is 2. The monoisotopic (exact) mass is 367 g/mol. The van der Waals surface area contributed by atoms with E-state index in [0.717, 1.165) is 0 Å². The highest BCUT2D eigenvalue weighted by Crippen LogP contribution is 2.24. The van der Waals surface area contributed by atoms with Crippen molar-refractivity contribution in [2.24, 2.45) is 0 Å². The Kier molecular flexibility index (Phi) is 8.38. The van der Waals surface area contributed by atoms with E-state index in [1.807, 2.05) is 0 Å². The lowest BCUT2D eigenvalue weighted by Gasteiger charge is -2.44. The average Bonchev–Trinajstić information content (AvgIpc) is 2.45. The lowest BCUT2D eigenvalue weighted by Crippen LogP contribution is -2.65. The van der Waals surface area contributed by atoms with Gasteiger partial charge in [-0.3, -0.25) is 4.79 Å². The van der Waals surface area contributed by atoms with Crippen LogP contribution in [0, 0.1) is 0 Å². The van der Waals surface area contributed by atoms with Crippen LogP contribution in [0.15, 0.2) is 12.7 Å². The SMILES string of the molecule is C=CCO[C@H]1[C@H](O)[C@@H](CO)O[C@H](OCCBr)[C@H]1NC(C)=O. The molecule has 3 N–H and O–H groups in total. The highest BCUT2D eigenvalue weighted by atomic mass is 79.9. The zero-order valence-electron chi connectivity index (χ0n) is 11.9. The van der Waals surface area contributed by atoms with Gasteiger partial charge < -0.3 is 29.7 Å². The molecule has 1 amide bonds. The fourth-order valence-corrected chi connectivity index (χ4v) is 2.32. The highest BCUT2D eigenvalue weighted by Gasteiger charge is 2.46. The predicted molar refractivity (Wildman–Crippen MR) is 79.0 cm³/mol. The number of carbonyl (C=O) groups excluding carboxylic acids is 1. The molecule has 7 nitrogen and oxygen atoms in total. The highest BCUT2D eigenvalue weighted by molar-refractivity contribution is 9.09. The van der Waals surface area contributed by atoms with Crippen molar-refractivity contribution < 1.29 is 29.2 Å². The second-order valence-electron chi connectivity index (χ2n) is 4.59. The maximum Gasteiger partial charge on any atom is 0.217 e. The van der Waals surface area contributed by atoms with Crippen LogP contribution in [-0.4, -0.2) is 71.9 Å². The van der Waals surface area contributed by atoms with Crippen molar-refractivity contribution in [1.29, 1.82) is 0 Å². The molecule has 0 aromatic carbocycles. The summed E-state index contributed by atoms with van der Waals surface area (Å²) in [4.78, 5) is 11.4. The van der Waals surface area contributed by atoms with Crippen molar-refractivity contribution in [2.75, 3.05) is 25.2 Å². The van der Waals surface area contributed by atoms with Crippen LogP contribution in [0.2, 0.25) is 0 Å². The van der Waals surface area contributed by atoms with Crippen molar-refractivity contribution in [3.63, 3.8) is 0 Å². The van der Waals surface area contributed by atoms with Gasteiger partial charge in [-0.1, -0.05) is 22.0 Å². The average molecular weight is 368 g/mol. The van der Waals surface area contributed by atoms with Crippen LogP contribution in [0.25, 0.3) is 0 Å². The molecule has 1 aliphatic rings. The normalized spacial score (nSPS) is 32.7. The lowest BCUT2D eigenvalue weighted by molar-refractivity contribution is -0.274. The first kappa shape index (κ1) is 18.5. The molecule has 1 saturated heterocycles. The zero-order chi connectivity index (χ0) is 15.8. The molecule has 1 fully saturated rings. The molecule has 8 heteroatoms. The Morgan fingerprint density at radius 3 is 2.76 bits per heavy atom. The molecule has 0 radical (unpaired) electrons. The maximum absolute atomic E-state index is 11.4. The van der Waals surface area contributed by atoms with E-state index < -0.39 is 30.6 Å². The lowest BCUT2D eigenvalue weighted by atomic mass is 9.96. The van der Waals surface area contributed by atoms with E-state index in [1.54, 1.807) is 0 Å². The maximum atomic E-state index is 11.4. The number of carbonyl (C=O) groups is 1. The molecule has 1 heterocycles. The molecule has 21 heavy (non-hydrogen) atoms. The van der Waals surface area contributed by atoms with E-state index in [0.29, 0.717) is 11.9 Å². The van der Waals surface area contributed by atoms with E-state index >= 15 is 0 Å². The molecule has 0 bridgehead atoms. The second-order valence-corrected chi connectivity index (χ2v) is 5.38. The van der Waals surface area contributed by atoms with Crippen LogP contribution in [0.4, 0.5) is 0 Å². The quantitative estimate of drug-likeness (QED) is 0.397. The number of halogens is 1. The molecule has 0 unspecified atom stereocenters. The summed E-state index contributed by atoms with van der Waals surface area (Å²) in [5.41, 5.74) is 0. The zero-order valence-corrected chi connectivity index (χ0v) is 13.5. The molecule has 1 aliphatic heterocycles. The molecule has 0 aromatic heterocycles. The number of alkyl halides is 1. The van der Waals surface area contributed by atoms with Gasteiger partial charge in [0.2, 0.25) is 5.91 Å². The third-order valence-electron chi connectivity index (χ3n) is 2.99. The van der Waals surface area contributed by atoms with Crippen LogP contribution in [-0.2, 0) is 19.0 Å². The van der Waals surface area contributed by atoms with Crippen molar-refractivity contribution in [3.05, 3.63) is 12.7 Å². The second kappa shape index (κ2) is 9.50. The Labute approximate surface area is 132 Å². The van der Waals surface area contributed by atoms with Gasteiger partial charge in [-0.2, -0.15) is 0 Å². The van der Waals surface area contributed by atoms with E-state index in [-0.39, 0.29) is 19.1 Å². The fraction of sp³-hybridized carbons (Fsp3) is 0.769. The smallest absolute Gasteiger partial charge is 0.217 e. The number of rotatable bonds is 8. The Balaban J connectivity index is 2.91. The van der Waals surface area contributed by atoms with Crippen LogP contribution in [0.1, 0.15) is 6.92 Å². The van der Waals surface area contributed by atoms with E-state index in [9.17, 15) is 15.0 Å². The fourth-order valence-electron chi connectivity index (χ4n) is 2.14. The standard InChI is InChI=1S/C13H22BrNO6/c1-3-5-19-12-10(15-8(2)17)13(20-6-4-14)21-9(7-16)11(12)18/h3,9-13,16,18H,1,4-7H2,2H3,(H,15,17)/t9-,10+,11-,12-,13+/m1/s1. The summed E-state index contributed by atoms with van der Waals surface area (Å²) in [5.74, 6) is -0.294. The van der Waals surface area contributed by atoms with Crippen molar-refractivity contribution >= 4 is 21.8 Å². The molecule has 0 aliphatic carbocycles. The van der Waals surface area contributed by atoms with Gasteiger partial charge >= 0.3 is 0 Å². The molecular weight excluding hydrogens is 346 g/mol. The Morgan fingerprint density at radius 2 is 2.24 bits per heavy atom. The van der Waals surface area contributed by atoms with Gasteiger partial charge in [0.15, 0.2) is 6.29 Å². The molecule has 5 atom stereocenters. The Hall–Kier alpha value is -0.510. The third-order valence-corrected chi connectivity index (χ3v) is 3.31. The number of nitrogens with one attached hydrogen (secondary N) is 1. The van der Waals surface area contributed by atoms with E-state index in [1.165, 1.54) is 13.0 Å². The Morgan fingerprint density at radius 1 is 1.52 bits per heavy atom. The van der Waals surface area contributed by atoms with Crippen LogP contribution in [0.3, 0.4) is 0 Å². The number of hydrogen-bond donors (Lipinski definition) is 3. The number of amides is 1. The summed E-state index contributed by atoms with van der Waals surface area (Å²) in [7, 11) is 0. The van der Waals surface area contributed by atoms with Gasteiger partial charge in [-0.25, -0.2) is 0 Å². The van der Waals surface area contributed by atoms with Crippen LogP contribution in [0.5, 0.6) is 0 Å². The first-order chi connectivity index (χ1) is 10.0. The summed E-state index contributed by atoms with van der Waals surface area (Å²) in [6.07, 6.45) is -1.98. The van der Waals surface area contributed by atoms with Crippen LogP contribution >= 0.6 is 15.9 Å². The van der Waals surface area contributed by atoms with Crippen molar-refractivity contribution in [2.45, 2.75) is 37.6 Å². The van der Waals surface area contributed by atoms with E-state index in [2.05, 4.69) is 27.8 Å². The van der Waals surface area contributed by atoms with Gasteiger partial charge in [-0.05, 0) is 0 Å². The molecule has 0 saturated carbocycles. The first-order valence-electron chi connectivity index (χ1n) is 6.66.